The average molecular weight is 465 g/mol. The molecule has 0 saturated carbocycles. The minimum Gasteiger partial charge on any atom is -0.462 e. The second-order valence-electron chi connectivity index (χ2n) is 9.84. The average Bonchev–Trinajstić information content (AvgIpc) is 2.90. The zero-order chi connectivity index (χ0) is 24.9. The van der Waals surface area contributed by atoms with Crippen molar-refractivity contribution in [2.45, 2.75) is 83.9 Å². The molecule has 0 aromatic heterocycles. The summed E-state index contributed by atoms with van der Waals surface area (Å²) in [6, 6.07) is 0. The van der Waals surface area contributed by atoms with E-state index in [0.717, 1.165) is 12.5 Å². The van der Waals surface area contributed by atoms with E-state index in [4.69, 9.17) is 14.2 Å². The van der Waals surface area contributed by atoms with E-state index in [-0.39, 0.29) is 0 Å². The molecule has 1 fully saturated rings. The fourth-order valence-electron chi connectivity index (χ4n) is 5.55. The van der Waals surface area contributed by atoms with E-state index in [1.165, 1.54) is 32.9 Å². The van der Waals surface area contributed by atoms with Crippen molar-refractivity contribution in [3.8, 4) is 0 Å². The highest BCUT2D eigenvalue weighted by atomic mass is 16.6. The fourth-order valence-corrected chi connectivity index (χ4v) is 5.55. The summed E-state index contributed by atoms with van der Waals surface area (Å²) in [4.78, 5) is 49.7. The van der Waals surface area contributed by atoms with Crippen LogP contribution in [0.2, 0.25) is 0 Å². The van der Waals surface area contributed by atoms with E-state index >= 15 is 0 Å². The Morgan fingerprint density at radius 1 is 1.12 bits per heavy atom. The molecule has 33 heavy (non-hydrogen) atoms. The molecule has 0 aromatic carbocycles. The molecule has 0 radical (unpaired) electrons. The first-order valence-electron chi connectivity index (χ1n) is 11.1. The van der Waals surface area contributed by atoms with Gasteiger partial charge in [0.05, 0.1) is 5.92 Å². The Labute approximate surface area is 192 Å². The predicted molar refractivity (Wildman–Crippen MR) is 114 cm³/mol. The van der Waals surface area contributed by atoms with Crippen molar-refractivity contribution < 1.29 is 43.6 Å². The number of carbonyl (C=O) groups excluding carboxylic acids is 4. The van der Waals surface area contributed by atoms with Gasteiger partial charge in [0.1, 0.15) is 17.8 Å². The SMILES string of the molecule is CC(=O)O[C@H]1CC/C(C)=C\[C@@H]2OC(=O)[C@H](C)[C@@]2(O)[C@@H](OC(C)=O)[C@@H]2[C@]1(C)C=CC(=O)[C@@]2(C)O. The number of carbonyl (C=O) groups is 4. The summed E-state index contributed by atoms with van der Waals surface area (Å²) in [5.74, 6) is -5.10. The second kappa shape index (κ2) is 8.36. The number of ketones is 1. The molecule has 0 aromatic rings. The van der Waals surface area contributed by atoms with Crippen LogP contribution < -0.4 is 0 Å². The molecular formula is C24H32O9. The highest BCUT2D eigenvalue weighted by molar-refractivity contribution is 5.98. The first-order valence-corrected chi connectivity index (χ1v) is 11.1. The molecule has 2 N–H and O–H groups in total. The lowest BCUT2D eigenvalue weighted by Crippen LogP contribution is -2.68. The van der Waals surface area contributed by atoms with Gasteiger partial charge in [-0.3, -0.25) is 19.2 Å². The Hall–Kier alpha value is -2.52. The maximum absolute atomic E-state index is 12.8. The summed E-state index contributed by atoms with van der Waals surface area (Å²) in [7, 11) is 0. The van der Waals surface area contributed by atoms with E-state index in [1.54, 1.807) is 19.9 Å². The molecule has 0 unspecified atom stereocenters. The van der Waals surface area contributed by atoms with Gasteiger partial charge in [0.25, 0.3) is 0 Å². The van der Waals surface area contributed by atoms with Crippen LogP contribution in [0.25, 0.3) is 0 Å². The summed E-state index contributed by atoms with van der Waals surface area (Å²) < 4.78 is 16.8. The third-order valence-electron chi connectivity index (χ3n) is 7.40. The van der Waals surface area contributed by atoms with Crippen LogP contribution in [-0.4, -0.2) is 63.4 Å². The maximum Gasteiger partial charge on any atom is 0.312 e. The van der Waals surface area contributed by atoms with E-state index in [2.05, 4.69) is 0 Å². The Morgan fingerprint density at radius 2 is 1.73 bits per heavy atom. The van der Waals surface area contributed by atoms with E-state index in [0.29, 0.717) is 12.8 Å². The molecule has 182 valence electrons. The number of fused-ring (bicyclic) bond motifs is 2. The normalized spacial score (nSPS) is 44.6. The molecule has 0 amide bonds. The second-order valence-corrected chi connectivity index (χ2v) is 9.84. The molecule has 8 atom stereocenters. The van der Waals surface area contributed by atoms with Gasteiger partial charge in [-0.1, -0.05) is 18.6 Å². The van der Waals surface area contributed by atoms with Crippen LogP contribution in [0.5, 0.6) is 0 Å². The number of aliphatic hydroxyl groups is 2. The number of hydrogen-bond acceptors (Lipinski definition) is 9. The third kappa shape index (κ3) is 4.01. The molecule has 9 heteroatoms. The van der Waals surface area contributed by atoms with Crippen LogP contribution in [0, 0.1) is 17.3 Å². The summed E-state index contributed by atoms with van der Waals surface area (Å²) in [5.41, 5.74) is -4.69. The molecule has 1 saturated heterocycles. The lowest BCUT2D eigenvalue weighted by atomic mass is 9.55. The van der Waals surface area contributed by atoms with Crippen LogP contribution in [0.3, 0.4) is 0 Å². The summed E-state index contributed by atoms with van der Waals surface area (Å²) in [6.45, 7) is 8.59. The number of hydrogen-bond donors (Lipinski definition) is 2. The first kappa shape index (κ1) is 25.1. The summed E-state index contributed by atoms with van der Waals surface area (Å²) in [5, 5.41) is 23.5. The Bertz CT molecular complexity index is 932. The topological polar surface area (TPSA) is 136 Å². The first-order chi connectivity index (χ1) is 15.2. The predicted octanol–water partition coefficient (Wildman–Crippen LogP) is 1.39. The number of allylic oxidation sites excluding steroid dienone is 1. The van der Waals surface area contributed by atoms with Gasteiger partial charge >= 0.3 is 17.9 Å². The van der Waals surface area contributed by atoms with Crippen molar-refractivity contribution in [1.82, 2.24) is 0 Å². The van der Waals surface area contributed by atoms with E-state index in [1.807, 2.05) is 0 Å². The largest absolute Gasteiger partial charge is 0.462 e. The van der Waals surface area contributed by atoms with E-state index in [9.17, 15) is 29.4 Å². The van der Waals surface area contributed by atoms with Crippen molar-refractivity contribution in [1.29, 1.82) is 0 Å². The zero-order valence-corrected chi connectivity index (χ0v) is 19.8. The molecule has 0 spiro atoms. The van der Waals surface area contributed by atoms with Crippen molar-refractivity contribution in [3.05, 3.63) is 23.8 Å². The molecule has 2 aliphatic carbocycles. The molecule has 1 heterocycles. The van der Waals surface area contributed by atoms with Crippen molar-refractivity contribution in [2.24, 2.45) is 17.3 Å². The van der Waals surface area contributed by atoms with Crippen molar-refractivity contribution in [2.75, 3.05) is 0 Å². The summed E-state index contributed by atoms with van der Waals surface area (Å²) in [6.07, 6.45) is 1.54. The van der Waals surface area contributed by atoms with E-state index < -0.39 is 70.5 Å². The standard InChI is InChI=1S/C24H32O9/c1-12-7-8-17(31-14(3)25)22(5)10-9-16(27)23(6,29)19(22)20(32-15(4)26)24(30)13(2)21(28)33-18(24)11-12/h9-11,13,17-20,29-30H,7-8H2,1-6H3/b12-11-/t13-,17-,18-,19+,20-,22+,23+,24-/m0/s1. The molecule has 3 rings (SSSR count). The third-order valence-corrected chi connectivity index (χ3v) is 7.40. The minimum absolute atomic E-state index is 0.324. The van der Waals surface area contributed by atoms with Gasteiger partial charge in [0, 0.05) is 25.2 Å². The number of ether oxygens (including phenoxy) is 3. The quantitative estimate of drug-likeness (QED) is 0.353. The minimum atomic E-state index is -2.12. The highest BCUT2D eigenvalue weighted by Crippen LogP contribution is 2.54. The van der Waals surface area contributed by atoms with Crippen molar-refractivity contribution >= 4 is 23.7 Å². The summed E-state index contributed by atoms with van der Waals surface area (Å²) >= 11 is 0. The smallest absolute Gasteiger partial charge is 0.312 e. The van der Waals surface area contributed by atoms with Crippen molar-refractivity contribution in [3.63, 3.8) is 0 Å². The van der Waals surface area contributed by atoms with Crippen LogP contribution in [0.15, 0.2) is 23.8 Å². The van der Waals surface area contributed by atoms with Crippen LogP contribution >= 0.6 is 0 Å². The van der Waals surface area contributed by atoms with Crippen LogP contribution in [0.4, 0.5) is 0 Å². The molecule has 0 bridgehead atoms. The van der Waals surface area contributed by atoms with Gasteiger partial charge in [-0.15, -0.1) is 0 Å². The molecule has 9 nitrogen and oxygen atoms in total. The fraction of sp³-hybridized carbons (Fsp3) is 0.667. The zero-order valence-electron chi connectivity index (χ0n) is 19.8. The maximum atomic E-state index is 12.8. The molecular weight excluding hydrogens is 432 g/mol. The molecule has 1 aliphatic heterocycles. The van der Waals surface area contributed by atoms with Gasteiger partial charge in [-0.05, 0) is 45.8 Å². The highest BCUT2D eigenvalue weighted by Gasteiger charge is 2.68. The lowest BCUT2D eigenvalue weighted by molar-refractivity contribution is -0.224. The van der Waals surface area contributed by atoms with Gasteiger partial charge in [0.2, 0.25) is 0 Å². The van der Waals surface area contributed by atoms with Crippen LogP contribution in [-0.2, 0) is 33.4 Å². The van der Waals surface area contributed by atoms with Gasteiger partial charge in [0.15, 0.2) is 17.5 Å². The molecule has 3 aliphatic rings. The van der Waals surface area contributed by atoms with Gasteiger partial charge in [-0.2, -0.15) is 0 Å². The van der Waals surface area contributed by atoms with Gasteiger partial charge < -0.3 is 24.4 Å². The van der Waals surface area contributed by atoms with Crippen LogP contribution in [0.1, 0.15) is 54.4 Å². The lowest BCUT2D eigenvalue weighted by Gasteiger charge is -2.54. The number of rotatable bonds is 2. The Morgan fingerprint density at radius 3 is 2.30 bits per heavy atom. The Kier molecular flexibility index (Phi) is 6.36. The number of esters is 3. The Balaban J connectivity index is 2.36. The van der Waals surface area contributed by atoms with Gasteiger partial charge in [-0.25, -0.2) is 0 Å². The monoisotopic (exact) mass is 464 g/mol.